The first-order valence-electron chi connectivity index (χ1n) is 6.14. The first-order chi connectivity index (χ1) is 8.12. The standard InChI is InChI=1S/C12H20F3NO2/c1-11(2)6-4-3-5-9(11)16(7-10(17)18)8-12(13,14)15/h9H,3-8H2,1-2H3,(H,17,18). The van der Waals surface area contributed by atoms with E-state index in [0.717, 1.165) is 24.2 Å². The SMILES string of the molecule is CC1(C)CCCCC1N(CC(=O)O)CC(F)(F)F. The fraction of sp³-hybridized carbons (Fsp3) is 0.917. The molecule has 1 saturated carbocycles. The number of aliphatic carboxylic acids is 1. The summed E-state index contributed by atoms with van der Waals surface area (Å²) in [6, 6.07) is -0.316. The van der Waals surface area contributed by atoms with Crippen molar-refractivity contribution < 1.29 is 23.1 Å². The van der Waals surface area contributed by atoms with Crippen LogP contribution in [0, 0.1) is 5.41 Å². The van der Waals surface area contributed by atoms with Crippen LogP contribution in [-0.4, -0.2) is 41.3 Å². The molecule has 0 heterocycles. The van der Waals surface area contributed by atoms with Crippen molar-refractivity contribution in [2.75, 3.05) is 13.1 Å². The number of carbonyl (C=O) groups is 1. The van der Waals surface area contributed by atoms with E-state index in [1.54, 1.807) is 0 Å². The van der Waals surface area contributed by atoms with E-state index in [-0.39, 0.29) is 11.5 Å². The molecule has 0 saturated heterocycles. The summed E-state index contributed by atoms with van der Waals surface area (Å²) >= 11 is 0. The Labute approximate surface area is 105 Å². The van der Waals surface area contributed by atoms with Crippen molar-refractivity contribution in [2.45, 2.75) is 51.7 Å². The number of hydrogen-bond acceptors (Lipinski definition) is 2. The maximum atomic E-state index is 12.5. The predicted molar refractivity (Wildman–Crippen MR) is 61.3 cm³/mol. The van der Waals surface area contributed by atoms with E-state index >= 15 is 0 Å². The van der Waals surface area contributed by atoms with Crippen molar-refractivity contribution in [3.63, 3.8) is 0 Å². The summed E-state index contributed by atoms with van der Waals surface area (Å²) in [7, 11) is 0. The Morgan fingerprint density at radius 2 is 2.00 bits per heavy atom. The van der Waals surface area contributed by atoms with Gasteiger partial charge in [-0.2, -0.15) is 13.2 Å². The second-order valence-corrected chi connectivity index (χ2v) is 5.66. The van der Waals surface area contributed by atoms with Crippen LogP contribution in [0.15, 0.2) is 0 Å². The van der Waals surface area contributed by atoms with Gasteiger partial charge in [-0.25, -0.2) is 0 Å². The Bertz CT molecular complexity index is 302. The molecule has 0 amide bonds. The van der Waals surface area contributed by atoms with Gasteiger partial charge in [-0.1, -0.05) is 26.7 Å². The van der Waals surface area contributed by atoms with E-state index in [0.29, 0.717) is 6.42 Å². The minimum absolute atomic E-state index is 0.265. The van der Waals surface area contributed by atoms with Gasteiger partial charge in [0.1, 0.15) is 0 Å². The second-order valence-electron chi connectivity index (χ2n) is 5.66. The molecule has 0 aromatic carbocycles. The molecular weight excluding hydrogens is 247 g/mol. The van der Waals surface area contributed by atoms with Gasteiger partial charge in [-0.15, -0.1) is 0 Å². The normalized spacial score (nSPS) is 24.2. The van der Waals surface area contributed by atoms with E-state index < -0.39 is 25.2 Å². The van der Waals surface area contributed by atoms with Crippen LogP contribution in [0.1, 0.15) is 39.5 Å². The van der Waals surface area contributed by atoms with Crippen LogP contribution in [-0.2, 0) is 4.79 Å². The van der Waals surface area contributed by atoms with Gasteiger partial charge in [0.15, 0.2) is 0 Å². The smallest absolute Gasteiger partial charge is 0.401 e. The maximum absolute atomic E-state index is 12.5. The molecule has 1 unspecified atom stereocenters. The van der Waals surface area contributed by atoms with Crippen LogP contribution in [0.4, 0.5) is 13.2 Å². The van der Waals surface area contributed by atoms with Gasteiger partial charge in [0, 0.05) is 6.04 Å². The quantitative estimate of drug-likeness (QED) is 0.851. The average Bonchev–Trinajstić information content (AvgIpc) is 2.12. The minimum Gasteiger partial charge on any atom is -0.480 e. The molecule has 0 bridgehead atoms. The molecule has 0 aliphatic heterocycles. The van der Waals surface area contributed by atoms with Crippen molar-refractivity contribution in [2.24, 2.45) is 5.41 Å². The molecule has 6 heteroatoms. The first-order valence-corrected chi connectivity index (χ1v) is 6.14. The molecule has 1 aliphatic rings. The Kier molecular flexibility index (Phi) is 4.64. The lowest BCUT2D eigenvalue weighted by Gasteiger charge is -2.45. The van der Waals surface area contributed by atoms with E-state index in [1.165, 1.54) is 0 Å². The molecular formula is C12H20F3NO2. The summed E-state index contributed by atoms with van der Waals surface area (Å²) < 4.78 is 37.6. The van der Waals surface area contributed by atoms with Crippen molar-refractivity contribution >= 4 is 5.97 Å². The lowest BCUT2D eigenvalue weighted by atomic mass is 9.72. The Hall–Kier alpha value is -0.780. The minimum atomic E-state index is -4.36. The fourth-order valence-electron chi connectivity index (χ4n) is 2.83. The molecule has 0 aromatic heterocycles. The summed E-state index contributed by atoms with van der Waals surface area (Å²) in [5.74, 6) is -1.21. The molecule has 1 rings (SSSR count). The summed E-state index contributed by atoms with van der Waals surface area (Å²) in [5.41, 5.74) is -0.265. The molecule has 1 fully saturated rings. The number of carboxylic acids is 1. The summed E-state index contributed by atoms with van der Waals surface area (Å²) in [5, 5.41) is 8.77. The highest BCUT2D eigenvalue weighted by molar-refractivity contribution is 5.69. The van der Waals surface area contributed by atoms with Crippen molar-refractivity contribution in [3.05, 3.63) is 0 Å². The average molecular weight is 267 g/mol. The van der Waals surface area contributed by atoms with Gasteiger partial charge in [0.2, 0.25) is 0 Å². The third kappa shape index (κ3) is 4.48. The molecule has 0 radical (unpaired) electrons. The molecule has 1 aliphatic carbocycles. The number of halogens is 3. The lowest BCUT2D eigenvalue weighted by molar-refractivity contribution is -0.164. The highest BCUT2D eigenvalue weighted by Crippen LogP contribution is 2.39. The van der Waals surface area contributed by atoms with Gasteiger partial charge in [-0.05, 0) is 18.3 Å². The van der Waals surface area contributed by atoms with Gasteiger partial charge in [0.05, 0.1) is 13.1 Å². The third-order valence-electron chi connectivity index (χ3n) is 3.61. The van der Waals surface area contributed by atoms with Crippen LogP contribution < -0.4 is 0 Å². The number of rotatable bonds is 4. The zero-order chi connectivity index (χ0) is 14.0. The molecule has 106 valence electrons. The van der Waals surface area contributed by atoms with Crippen molar-refractivity contribution in [3.8, 4) is 0 Å². The van der Waals surface area contributed by atoms with E-state index in [1.807, 2.05) is 13.8 Å². The predicted octanol–water partition coefficient (Wildman–Crippen LogP) is 2.90. The van der Waals surface area contributed by atoms with E-state index in [2.05, 4.69) is 0 Å². The van der Waals surface area contributed by atoms with Crippen molar-refractivity contribution in [1.29, 1.82) is 0 Å². The Balaban J connectivity index is 2.83. The van der Waals surface area contributed by atoms with Crippen LogP contribution in [0.3, 0.4) is 0 Å². The van der Waals surface area contributed by atoms with Gasteiger partial charge in [0.25, 0.3) is 0 Å². The van der Waals surface area contributed by atoms with Gasteiger partial charge in [-0.3, -0.25) is 9.69 Å². The summed E-state index contributed by atoms with van der Waals surface area (Å²) in [6.07, 6.45) is -1.02. The largest absolute Gasteiger partial charge is 0.480 e. The molecule has 3 nitrogen and oxygen atoms in total. The molecule has 1 N–H and O–H groups in total. The lowest BCUT2D eigenvalue weighted by Crippen LogP contribution is -2.52. The zero-order valence-corrected chi connectivity index (χ0v) is 10.8. The molecule has 1 atom stereocenters. The second kappa shape index (κ2) is 5.47. The highest BCUT2D eigenvalue weighted by Gasteiger charge is 2.41. The summed E-state index contributed by atoms with van der Waals surface area (Å²) in [4.78, 5) is 11.8. The fourth-order valence-corrected chi connectivity index (χ4v) is 2.83. The maximum Gasteiger partial charge on any atom is 0.401 e. The molecule has 0 aromatic rings. The van der Waals surface area contributed by atoms with Crippen LogP contribution in [0.5, 0.6) is 0 Å². The third-order valence-corrected chi connectivity index (χ3v) is 3.61. The number of carboxylic acid groups (broad SMARTS) is 1. The monoisotopic (exact) mass is 267 g/mol. The van der Waals surface area contributed by atoms with Gasteiger partial charge < -0.3 is 5.11 Å². The molecule has 0 spiro atoms. The number of alkyl halides is 3. The van der Waals surface area contributed by atoms with Crippen LogP contribution in [0.25, 0.3) is 0 Å². The van der Waals surface area contributed by atoms with Gasteiger partial charge >= 0.3 is 12.1 Å². The number of hydrogen-bond donors (Lipinski definition) is 1. The zero-order valence-electron chi connectivity index (χ0n) is 10.8. The van der Waals surface area contributed by atoms with E-state index in [4.69, 9.17) is 5.11 Å². The summed E-state index contributed by atoms with van der Waals surface area (Å²) in [6.45, 7) is 2.14. The topological polar surface area (TPSA) is 40.5 Å². The molecule has 18 heavy (non-hydrogen) atoms. The first kappa shape index (κ1) is 15.3. The Morgan fingerprint density at radius 3 is 2.44 bits per heavy atom. The highest BCUT2D eigenvalue weighted by atomic mass is 19.4. The van der Waals surface area contributed by atoms with E-state index in [9.17, 15) is 18.0 Å². The number of nitrogens with zero attached hydrogens (tertiary/aromatic N) is 1. The van der Waals surface area contributed by atoms with Crippen LogP contribution in [0.2, 0.25) is 0 Å². The van der Waals surface area contributed by atoms with Crippen LogP contribution >= 0.6 is 0 Å². The Morgan fingerprint density at radius 1 is 1.39 bits per heavy atom. The van der Waals surface area contributed by atoms with Crippen molar-refractivity contribution in [1.82, 2.24) is 4.90 Å².